The zero-order valence-electron chi connectivity index (χ0n) is 10.7. The van der Waals surface area contributed by atoms with Crippen LogP contribution in [0.2, 0.25) is 0 Å². The van der Waals surface area contributed by atoms with E-state index in [0.29, 0.717) is 0 Å². The van der Waals surface area contributed by atoms with E-state index in [0.717, 1.165) is 26.0 Å². The first kappa shape index (κ1) is 13.7. The van der Waals surface area contributed by atoms with E-state index in [2.05, 4.69) is 0 Å². The first-order valence-electron chi connectivity index (χ1n) is 5.67. The Bertz CT molecular complexity index is 724. The molecule has 0 saturated heterocycles. The molecule has 6 nitrogen and oxygen atoms in total. The van der Waals surface area contributed by atoms with Crippen molar-refractivity contribution in [1.29, 1.82) is 0 Å². The van der Waals surface area contributed by atoms with Crippen molar-refractivity contribution in [2.45, 2.75) is 13.8 Å². The Kier molecular flexibility index (Phi) is 3.01. The second-order valence-electron chi connectivity index (χ2n) is 4.41. The Morgan fingerprint density at radius 1 is 1.00 bits per heavy atom. The number of Topliss-reactive ketones (excluding diaryl/α,β-unsaturated/α-hetero) is 3. The first-order valence-corrected chi connectivity index (χ1v) is 5.67. The van der Waals surface area contributed by atoms with Crippen LogP contribution in [0.3, 0.4) is 0 Å². The third-order valence-corrected chi connectivity index (χ3v) is 3.03. The number of rotatable bonds is 2. The fraction of sp³-hybridized carbons (Fsp3) is 0.143. The monoisotopic (exact) mass is 274 g/mol. The number of aromatic hydroxyl groups is 2. The lowest BCUT2D eigenvalue weighted by molar-refractivity contribution is -0.113. The predicted octanol–water partition coefficient (Wildman–Crippen LogP) is 1.19. The molecule has 0 bridgehead atoms. The van der Waals surface area contributed by atoms with E-state index in [1.807, 2.05) is 0 Å². The van der Waals surface area contributed by atoms with Gasteiger partial charge in [-0.2, -0.15) is 0 Å². The lowest BCUT2D eigenvalue weighted by atomic mass is 9.85. The number of benzene rings is 1. The van der Waals surface area contributed by atoms with E-state index in [1.165, 1.54) is 0 Å². The zero-order chi connectivity index (χ0) is 15.2. The molecule has 1 aliphatic carbocycles. The van der Waals surface area contributed by atoms with Crippen molar-refractivity contribution < 1.29 is 29.4 Å². The first-order chi connectivity index (χ1) is 9.25. The molecule has 0 amide bonds. The van der Waals surface area contributed by atoms with Gasteiger partial charge < -0.3 is 10.2 Å². The molecule has 1 aromatic rings. The maximum atomic E-state index is 12.1. The smallest absolute Gasteiger partial charge is 0.201 e. The minimum atomic E-state index is -0.852. The number of phenolic OH excluding ortho intramolecular Hbond substituents is 2. The molecular weight excluding hydrogens is 264 g/mol. The summed E-state index contributed by atoms with van der Waals surface area (Å²) in [6.07, 6.45) is 0.802. The van der Waals surface area contributed by atoms with Crippen LogP contribution >= 0.6 is 0 Å². The van der Waals surface area contributed by atoms with E-state index < -0.39 is 45.8 Å². The van der Waals surface area contributed by atoms with Gasteiger partial charge in [0.2, 0.25) is 5.78 Å². The molecule has 1 aliphatic rings. The fourth-order valence-electron chi connectivity index (χ4n) is 2.06. The molecule has 0 aliphatic heterocycles. The number of phenols is 2. The number of hydrogen-bond donors (Lipinski definition) is 2. The molecule has 2 rings (SSSR count). The van der Waals surface area contributed by atoms with Crippen LogP contribution in [-0.4, -0.2) is 33.3 Å². The Morgan fingerprint density at radius 2 is 1.60 bits per heavy atom. The summed E-state index contributed by atoms with van der Waals surface area (Å²) in [5, 5.41) is 19.7. The third-order valence-electron chi connectivity index (χ3n) is 3.03. The SMILES string of the molecule is CC(=O)C1=CC(=O)c2c(O)c(C(C)=O)cc(O)c2C1=O. The van der Waals surface area contributed by atoms with Crippen molar-refractivity contribution in [1.82, 2.24) is 0 Å². The van der Waals surface area contributed by atoms with Crippen molar-refractivity contribution in [3.8, 4) is 11.5 Å². The Morgan fingerprint density at radius 3 is 2.10 bits per heavy atom. The average Bonchev–Trinajstić information content (AvgIpc) is 2.35. The summed E-state index contributed by atoms with van der Waals surface area (Å²) in [5.74, 6) is -4.13. The van der Waals surface area contributed by atoms with Gasteiger partial charge in [-0.1, -0.05) is 0 Å². The summed E-state index contributed by atoms with van der Waals surface area (Å²) in [6.45, 7) is 2.26. The minimum Gasteiger partial charge on any atom is -0.507 e. The van der Waals surface area contributed by atoms with Gasteiger partial charge in [-0.25, -0.2) is 0 Å². The highest BCUT2D eigenvalue weighted by Gasteiger charge is 2.34. The van der Waals surface area contributed by atoms with E-state index >= 15 is 0 Å². The molecule has 20 heavy (non-hydrogen) atoms. The van der Waals surface area contributed by atoms with Gasteiger partial charge in [-0.05, 0) is 19.9 Å². The topological polar surface area (TPSA) is 109 Å². The van der Waals surface area contributed by atoms with Gasteiger partial charge in [0, 0.05) is 6.08 Å². The molecule has 0 aromatic heterocycles. The molecule has 2 N–H and O–H groups in total. The number of hydrogen-bond acceptors (Lipinski definition) is 6. The standard InChI is InChI=1S/C14H10O6/c1-5(15)7-3-9(17)12-11(13(7)19)10(18)4-8(6(2)16)14(12)20/h3-4,17,19H,1-2H3. The minimum absolute atomic E-state index is 0.262. The molecule has 102 valence electrons. The lowest BCUT2D eigenvalue weighted by Crippen LogP contribution is -2.22. The van der Waals surface area contributed by atoms with Crippen LogP contribution in [0.4, 0.5) is 0 Å². The molecule has 1 aromatic carbocycles. The van der Waals surface area contributed by atoms with Crippen LogP contribution in [0.5, 0.6) is 11.5 Å². The Balaban J connectivity index is 2.83. The summed E-state index contributed by atoms with van der Waals surface area (Å²) in [7, 11) is 0. The van der Waals surface area contributed by atoms with Crippen molar-refractivity contribution in [2.75, 3.05) is 0 Å². The predicted molar refractivity (Wildman–Crippen MR) is 67.2 cm³/mol. The van der Waals surface area contributed by atoms with Crippen LogP contribution in [0.25, 0.3) is 0 Å². The number of carbonyl (C=O) groups is 4. The number of carbonyl (C=O) groups excluding carboxylic acids is 4. The average molecular weight is 274 g/mol. The molecule has 6 heteroatoms. The molecule has 0 saturated carbocycles. The molecule has 0 atom stereocenters. The zero-order valence-corrected chi connectivity index (χ0v) is 10.7. The molecule has 0 heterocycles. The quantitative estimate of drug-likeness (QED) is 0.476. The lowest BCUT2D eigenvalue weighted by Gasteiger charge is -2.17. The van der Waals surface area contributed by atoms with Crippen molar-refractivity contribution in [3.05, 3.63) is 34.4 Å². The van der Waals surface area contributed by atoms with Crippen LogP contribution in [0.15, 0.2) is 17.7 Å². The van der Waals surface area contributed by atoms with Crippen LogP contribution < -0.4 is 0 Å². The Labute approximate surface area is 113 Å². The van der Waals surface area contributed by atoms with E-state index in [4.69, 9.17) is 0 Å². The molecule has 0 unspecified atom stereocenters. The molecular formula is C14H10O6. The van der Waals surface area contributed by atoms with Gasteiger partial charge in [0.15, 0.2) is 17.3 Å². The van der Waals surface area contributed by atoms with Gasteiger partial charge >= 0.3 is 0 Å². The third kappa shape index (κ3) is 1.82. The van der Waals surface area contributed by atoms with Crippen LogP contribution in [0, 0.1) is 0 Å². The summed E-state index contributed by atoms with van der Waals surface area (Å²) in [5.41, 5.74) is -1.54. The van der Waals surface area contributed by atoms with Gasteiger partial charge in [-0.3, -0.25) is 19.2 Å². The van der Waals surface area contributed by atoms with Gasteiger partial charge in [0.25, 0.3) is 0 Å². The number of fused-ring (bicyclic) bond motifs is 1. The second-order valence-corrected chi connectivity index (χ2v) is 4.41. The fourth-order valence-corrected chi connectivity index (χ4v) is 2.06. The van der Waals surface area contributed by atoms with Crippen molar-refractivity contribution >= 4 is 23.1 Å². The molecule has 0 spiro atoms. The molecule has 0 fully saturated rings. The summed E-state index contributed by atoms with van der Waals surface area (Å²) in [4.78, 5) is 46.6. The highest BCUT2D eigenvalue weighted by Crippen LogP contribution is 2.37. The van der Waals surface area contributed by atoms with E-state index in [-0.39, 0.29) is 11.1 Å². The molecule has 0 radical (unpaired) electrons. The maximum Gasteiger partial charge on any atom is 0.201 e. The highest BCUT2D eigenvalue weighted by atomic mass is 16.3. The largest absolute Gasteiger partial charge is 0.507 e. The Hall–Kier alpha value is -2.76. The van der Waals surface area contributed by atoms with E-state index in [9.17, 15) is 29.4 Å². The summed E-state index contributed by atoms with van der Waals surface area (Å²) >= 11 is 0. The van der Waals surface area contributed by atoms with Crippen LogP contribution in [-0.2, 0) is 4.79 Å². The van der Waals surface area contributed by atoms with Gasteiger partial charge in [-0.15, -0.1) is 0 Å². The second kappa shape index (κ2) is 4.41. The highest BCUT2D eigenvalue weighted by molar-refractivity contribution is 6.36. The van der Waals surface area contributed by atoms with Crippen molar-refractivity contribution in [2.24, 2.45) is 0 Å². The van der Waals surface area contributed by atoms with Crippen LogP contribution in [0.1, 0.15) is 44.9 Å². The number of allylic oxidation sites excluding steroid dienone is 2. The number of ketones is 4. The normalized spacial score (nSPS) is 13.8. The summed E-state index contributed by atoms with van der Waals surface area (Å²) in [6, 6.07) is 0.907. The van der Waals surface area contributed by atoms with Crippen molar-refractivity contribution in [3.63, 3.8) is 0 Å². The maximum absolute atomic E-state index is 12.1. The summed E-state index contributed by atoms with van der Waals surface area (Å²) < 4.78 is 0. The van der Waals surface area contributed by atoms with Gasteiger partial charge in [0.1, 0.15) is 11.5 Å². The van der Waals surface area contributed by atoms with E-state index in [1.54, 1.807) is 0 Å². The van der Waals surface area contributed by atoms with Gasteiger partial charge in [0.05, 0.1) is 22.3 Å².